The molecule has 0 aliphatic carbocycles. The van der Waals surface area contributed by atoms with Gasteiger partial charge in [-0.25, -0.2) is 0 Å². The van der Waals surface area contributed by atoms with Crippen molar-refractivity contribution in [3.05, 3.63) is 30.1 Å². The summed E-state index contributed by atoms with van der Waals surface area (Å²) >= 11 is 5.05. The molecule has 19 heavy (non-hydrogen) atoms. The Labute approximate surface area is 116 Å². The molecule has 2 rings (SSSR count). The third-order valence-electron chi connectivity index (χ3n) is 2.73. The van der Waals surface area contributed by atoms with Crippen LogP contribution < -0.4 is 16.2 Å². The molecule has 1 fully saturated rings. The van der Waals surface area contributed by atoms with Crippen LogP contribution in [-0.4, -0.2) is 35.3 Å². The van der Waals surface area contributed by atoms with E-state index in [0.717, 1.165) is 19.4 Å². The lowest BCUT2D eigenvalue weighted by atomic mass is 10.2. The van der Waals surface area contributed by atoms with E-state index in [2.05, 4.69) is 21.2 Å². The predicted octanol–water partition coefficient (Wildman–Crippen LogP) is 0.369. The first-order valence-corrected chi connectivity index (χ1v) is 6.52. The molecule has 0 radical (unpaired) electrons. The molecule has 1 aliphatic heterocycles. The fourth-order valence-electron chi connectivity index (χ4n) is 1.74. The highest BCUT2D eigenvalue weighted by molar-refractivity contribution is 7.80. The highest BCUT2D eigenvalue weighted by atomic mass is 32.1. The number of hydrogen-bond acceptors (Lipinski definition) is 4. The van der Waals surface area contributed by atoms with Gasteiger partial charge in [0.2, 0.25) is 0 Å². The number of pyridine rings is 1. The number of amides is 1. The summed E-state index contributed by atoms with van der Waals surface area (Å²) in [7, 11) is 0. The summed E-state index contributed by atoms with van der Waals surface area (Å²) in [6, 6.07) is 3.37. The summed E-state index contributed by atoms with van der Waals surface area (Å²) in [4.78, 5) is 15.6. The topological polar surface area (TPSA) is 75.3 Å². The van der Waals surface area contributed by atoms with Gasteiger partial charge in [-0.15, -0.1) is 0 Å². The lowest BCUT2D eigenvalue weighted by molar-refractivity contribution is 0.0943. The normalized spacial score (nSPS) is 17.8. The zero-order chi connectivity index (χ0) is 13.5. The van der Waals surface area contributed by atoms with Crippen molar-refractivity contribution in [1.82, 2.24) is 21.2 Å². The van der Waals surface area contributed by atoms with Crippen LogP contribution in [-0.2, 0) is 4.74 Å². The van der Waals surface area contributed by atoms with E-state index >= 15 is 0 Å². The van der Waals surface area contributed by atoms with Crippen molar-refractivity contribution in [2.75, 3.05) is 13.2 Å². The largest absolute Gasteiger partial charge is 0.376 e. The second-order valence-electron chi connectivity index (χ2n) is 4.17. The highest BCUT2D eigenvalue weighted by Gasteiger charge is 2.15. The molecule has 0 bridgehead atoms. The summed E-state index contributed by atoms with van der Waals surface area (Å²) in [5.41, 5.74) is 5.61. The van der Waals surface area contributed by atoms with Gasteiger partial charge in [0.1, 0.15) is 0 Å². The minimum Gasteiger partial charge on any atom is -0.376 e. The van der Waals surface area contributed by atoms with E-state index in [-0.39, 0.29) is 12.0 Å². The molecule has 0 spiro atoms. The lowest BCUT2D eigenvalue weighted by Gasteiger charge is -2.14. The Morgan fingerprint density at radius 3 is 3.11 bits per heavy atom. The molecule has 0 unspecified atom stereocenters. The molecule has 6 nitrogen and oxygen atoms in total. The van der Waals surface area contributed by atoms with Gasteiger partial charge in [-0.3, -0.25) is 20.6 Å². The van der Waals surface area contributed by atoms with E-state index in [1.165, 1.54) is 6.20 Å². The molecule has 1 saturated heterocycles. The van der Waals surface area contributed by atoms with Crippen LogP contribution in [0.25, 0.3) is 0 Å². The van der Waals surface area contributed by atoms with E-state index in [1.807, 2.05) is 0 Å². The second-order valence-corrected chi connectivity index (χ2v) is 4.57. The van der Waals surface area contributed by atoms with Crippen molar-refractivity contribution in [1.29, 1.82) is 0 Å². The van der Waals surface area contributed by atoms with Crippen molar-refractivity contribution in [2.24, 2.45) is 0 Å². The fraction of sp³-hybridized carbons (Fsp3) is 0.417. The van der Waals surface area contributed by atoms with Crippen LogP contribution in [0.15, 0.2) is 24.5 Å². The van der Waals surface area contributed by atoms with Crippen LogP contribution in [0.2, 0.25) is 0 Å². The molecule has 1 amide bonds. The molecule has 1 aromatic heterocycles. The number of hydrazine groups is 1. The van der Waals surface area contributed by atoms with E-state index < -0.39 is 0 Å². The van der Waals surface area contributed by atoms with E-state index in [4.69, 9.17) is 17.0 Å². The Morgan fingerprint density at radius 1 is 1.53 bits per heavy atom. The molecule has 1 atom stereocenters. The Hall–Kier alpha value is -1.73. The monoisotopic (exact) mass is 280 g/mol. The quantitative estimate of drug-likeness (QED) is 0.549. The molecule has 0 aromatic carbocycles. The third-order valence-corrected chi connectivity index (χ3v) is 2.97. The van der Waals surface area contributed by atoms with Crippen molar-refractivity contribution >= 4 is 23.2 Å². The molecular weight excluding hydrogens is 264 g/mol. The van der Waals surface area contributed by atoms with E-state index in [0.29, 0.717) is 17.2 Å². The van der Waals surface area contributed by atoms with Gasteiger partial charge in [-0.1, -0.05) is 0 Å². The van der Waals surface area contributed by atoms with Crippen molar-refractivity contribution in [3.8, 4) is 0 Å². The number of hydrogen-bond donors (Lipinski definition) is 3. The van der Waals surface area contributed by atoms with Gasteiger partial charge < -0.3 is 10.1 Å². The molecule has 102 valence electrons. The SMILES string of the molecule is O=C(NNC(=S)NC[C@@H]1CCCO1)c1cccnc1. The van der Waals surface area contributed by atoms with Gasteiger partial charge in [0, 0.05) is 25.5 Å². The first-order valence-electron chi connectivity index (χ1n) is 6.11. The highest BCUT2D eigenvalue weighted by Crippen LogP contribution is 2.10. The molecule has 2 heterocycles. The Morgan fingerprint density at radius 2 is 2.42 bits per heavy atom. The number of ether oxygens (including phenoxy) is 1. The summed E-state index contributed by atoms with van der Waals surface area (Å²) < 4.78 is 5.45. The number of carbonyl (C=O) groups excluding carboxylic acids is 1. The first-order chi connectivity index (χ1) is 9.25. The summed E-state index contributed by atoms with van der Waals surface area (Å²) in [5, 5.41) is 3.36. The summed E-state index contributed by atoms with van der Waals surface area (Å²) in [5.74, 6) is -0.283. The van der Waals surface area contributed by atoms with Gasteiger partial charge >= 0.3 is 0 Å². The maximum absolute atomic E-state index is 11.7. The zero-order valence-electron chi connectivity index (χ0n) is 10.4. The molecule has 3 N–H and O–H groups in total. The Bertz CT molecular complexity index is 435. The van der Waals surface area contributed by atoms with Gasteiger partial charge in [0.05, 0.1) is 11.7 Å². The molecule has 1 aromatic rings. The molecule has 0 saturated carbocycles. The van der Waals surface area contributed by atoms with Crippen molar-refractivity contribution in [3.63, 3.8) is 0 Å². The maximum atomic E-state index is 11.7. The first kappa shape index (κ1) is 13.7. The van der Waals surface area contributed by atoms with Gasteiger partial charge in [0.15, 0.2) is 5.11 Å². The average Bonchev–Trinajstić information content (AvgIpc) is 2.96. The standard InChI is InChI=1S/C12H16N4O2S/c17-11(9-3-1-5-13-7-9)15-16-12(19)14-8-10-4-2-6-18-10/h1,3,5,7,10H,2,4,6,8H2,(H,15,17)(H2,14,16,19)/t10-/m0/s1. The molecular formula is C12H16N4O2S. The maximum Gasteiger partial charge on any atom is 0.271 e. The van der Waals surface area contributed by atoms with Crippen LogP contribution in [0.3, 0.4) is 0 Å². The second kappa shape index (κ2) is 7.01. The number of nitrogens with zero attached hydrogens (tertiary/aromatic N) is 1. The van der Waals surface area contributed by atoms with Crippen molar-refractivity contribution < 1.29 is 9.53 Å². The van der Waals surface area contributed by atoms with E-state index in [9.17, 15) is 4.79 Å². The van der Waals surface area contributed by atoms with E-state index in [1.54, 1.807) is 18.3 Å². The minimum absolute atomic E-state index is 0.203. The number of thiocarbonyl (C=S) groups is 1. The van der Waals surface area contributed by atoms with Crippen LogP contribution in [0, 0.1) is 0 Å². The van der Waals surface area contributed by atoms with Gasteiger partial charge in [-0.05, 0) is 37.2 Å². The minimum atomic E-state index is -0.283. The summed E-state index contributed by atoms with van der Waals surface area (Å²) in [6.07, 6.45) is 5.42. The predicted molar refractivity (Wildman–Crippen MR) is 74.4 cm³/mol. The number of aromatic nitrogens is 1. The van der Waals surface area contributed by atoms with Crippen LogP contribution in [0.5, 0.6) is 0 Å². The Kier molecular flexibility index (Phi) is 5.05. The average molecular weight is 280 g/mol. The van der Waals surface area contributed by atoms with Crippen LogP contribution in [0.4, 0.5) is 0 Å². The third kappa shape index (κ3) is 4.46. The number of rotatable bonds is 3. The molecule has 1 aliphatic rings. The summed E-state index contributed by atoms with van der Waals surface area (Å²) in [6.45, 7) is 1.46. The molecule has 7 heteroatoms. The fourth-order valence-corrected chi connectivity index (χ4v) is 1.87. The number of nitrogens with one attached hydrogen (secondary N) is 3. The Balaban J connectivity index is 1.67. The van der Waals surface area contributed by atoms with Gasteiger partial charge in [0.25, 0.3) is 5.91 Å². The number of carbonyl (C=O) groups is 1. The van der Waals surface area contributed by atoms with Crippen LogP contribution in [0.1, 0.15) is 23.2 Å². The van der Waals surface area contributed by atoms with Crippen LogP contribution >= 0.6 is 12.2 Å². The lowest BCUT2D eigenvalue weighted by Crippen LogP contribution is -2.48. The van der Waals surface area contributed by atoms with Crippen molar-refractivity contribution in [2.45, 2.75) is 18.9 Å². The zero-order valence-corrected chi connectivity index (χ0v) is 11.2. The smallest absolute Gasteiger partial charge is 0.271 e. The van der Waals surface area contributed by atoms with Gasteiger partial charge in [-0.2, -0.15) is 0 Å².